The molecular formula is C19H20N4O4. The number of carbonyl (C=O) groups is 2. The largest absolute Gasteiger partial charge is 0.350 e. The van der Waals surface area contributed by atoms with Crippen LogP contribution in [0.3, 0.4) is 0 Å². The average Bonchev–Trinajstić information content (AvgIpc) is 2.64. The summed E-state index contributed by atoms with van der Waals surface area (Å²) in [7, 11) is 0. The van der Waals surface area contributed by atoms with Crippen molar-refractivity contribution >= 4 is 11.7 Å². The fourth-order valence-corrected chi connectivity index (χ4v) is 2.68. The molecule has 2 rings (SSSR count). The van der Waals surface area contributed by atoms with E-state index < -0.39 is 23.6 Å². The lowest BCUT2D eigenvalue weighted by Crippen LogP contribution is -2.42. The molecule has 0 bridgehead atoms. The summed E-state index contributed by atoms with van der Waals surface area (Å²) in [5.41, 5.74) is -0.463. The Morgan fingerprint density at radius 2 is 1.85 bits per heavy atom. The van der Waals surface area contributed by atoms with E-state index in [0.717, 1.165) is 10.1 Å². The maximum atomic E-state index is 12.5. The van der Waals surface area contributed by atoms with Crippen molar-refractivity contribution in [2.75, 3.05) is 0 Å². The van der Waals surface area contributed by atoms with E-state index in [1.54, 1.807) is 37.3 Å². The summed E-state index contributed by atoms with van der Waals surface area (Å²) in [4.78, 5) is 48.2. The zero-order valence-electron chi connectivity index (χ0n) is 15.4. The van der Waals surface area contributed by atoms with Crippen molar-refractivity contribution in [1.82, 2.24) is 14.5 Å². The fraction of sp³-hybridized carbons (Fsp3) is 0.316. The minimum atomic E-state index is -0.781. The molecule has 8 heteroatoms. The van der Waals surface area contributed by atoms with Crippen LogP contribution in [0.2, 0.25) is 0 Å². The maximum Gasteiger partial charge on any atom is 0.331 e. The van der Waals surface area contributed by atoms with Crippen molar-refractivity contribution in [3.8, 4) is 6.07 Å². The second kappa shape index (κ2) is 8.27. The van der Waals surface area contributed by atoms with E-state index in [2.05, 4.69) is 5.32 Å². The summed E-state index contributed by atoms with van der Waals surface area (Å²) >= 11 is 0. The minimum Gasteiger partial charge on any atom is -0.350 e. The highest BCUT2D eigenvalue weighted by molar-refractivity contribution is 5.95. The number of aryl methyl sites for hydroxylation is 1. The van der Waals surface area contributed by atoms with Gasteiger partial charge < -0.3 is 5.32 Å². The van der Waals surface area contributed by atoms with Gasteiger partial charge in [0.1, 0.15) is 11.6 Å². The minimum absolute atomic E-state index is 0.161. The molecule has 8 nitrogen and oxygen atoms in total. The molecule has 0 unspecified atom stereocenters. The summed E-state index contributed by atoms with van der Waals surface area (Å²) in [6.45, 7) is 4.77. The summed E-state index contributed by atoms with van der Waals surface area (Å²) < 4.78 is 1.99. The van der Waals surface area contributed by atoms with Gasteiger partial charge in [0.2, 0.25) is 5.91 Å². The molecule has 27 heavy (non-hydrogen) atoms. The van der Waals surface area contributed by atoms with Crippen molar-refractivity contribution in [2.45, 2.75) is 39.9 Å². The van der Waals surface area contributed by atoms with Gasteiger partial charge in [-0.1, -0.05) is 24.3 Å². The Kier molecular flexibility index (Phi) is 6.08. The molecule has 1 N–H and O–H groups in total. The third-order valence-electron chi connectivity index (χ3n) is 4.15. The second-order valence-corrected chi connectivity index (χ2v) is 6.08. The summed E-state index contributed by atoms with van der Waals surface area (Å²) in [5.74, 6) is -0.586. The number of benzene rings is 1. The molecule has 1 aromatic carbocycles. The van der Waals surface area contributed by atoms with Gasteiger partial charge in [-0.15, -0.1) is 0 Å². The first-order valence-corrected chi connectivity index (χ1v) is 8.43. The molecule has 0 saturated carbocycles. The topological polar surface area (TPSA) is 114 Å². The highest BCUT2D eigenvalue weighted by Gasteiger charge is 2.15. The molecule has 1 aromatic heterocycles. The first-order chi connectivity index (χ1) is 12.8. The number of aromatic nitrogens is 2. The zero-order chi connectivity index (χ0) is 20.1. The van der Waals surface area contributed by atoms with Gasteiger partial charge in [0.15, 0.2) is 5.78 Å². The maximum absolute atomic E-state index is 12.5. The third kappa shape index (κ3) is 4.39. The number of nitrogens with one attached hydrogen (secondary N) is 1. The van der Waals surface area contributed by atoms with Gasteiger partial charge in [-0.05, 0) is 19.4 Å². The smallest absolute Gasteiger partial charge is 0.331 e. The van der Waals surface area contributed by atoms with E-state index in [0.29, 0.717) is 5.56 Å². The number of hydrogen-bond donors (Lipinski definition) is 1. The Hall–Kier alpha value is -3.47. The predicted molar refractivity (Wildman–Crippen MR) is 98.4 cm³/mol. The van der Waals surface area contributed by atoms with Crippen LogP contribution in [0.15, 0.2) is 40.1 Å². The van der Waals surface area contributed by atoms with Crippen molar-refractivity contribution in [3.63, 3.8) is 0 Å². The summed E-state index contributed by atoms with van der Waals surface area (Å²) in [6, 6.07) is 8.09. The highest BCUT2D eigenvalue weighted by atomic mass is 16.2. The van der Waals surface area contributed by atoms with E-state index in [4.69, 9.17) is 5.26 Å². The van der Waals surface area contributed by atoms with Gasteiger partial charge in [-0.3, -0.25) is 23.5 Å². The molecular weight excluding hydrogens is 348 g/mol. The van der Waals surface area contributed by atoms with Crippen LogP contribution in [0.5, 0.6) is 0 Å². The first-order valence-electron chi connectivity index (χ1n) is 8.43. The lowest BCUT2D eigenvalue weighted by Gasteiger charge is -2.13. The lowest BCUT2D eigenvalue weighted by atomic mass is 10.0. The SMILES string of the molecule is CCn1cc(C#N)c(=O)n(CC(=O)c2ccc([C@H](C)NC(C)=O)cc2)c1=O. The number of amides is 1. The Balaban J connectivity index is 2.31. The molecule has 0 aliphatic carbocycles. The number of hydrogen-bond acceptors (Lipinski definition) is 5. The van der Waals surface area contributed by atoms with Crippen molar-refractivity contribution in [2.24, 2.45) is 0 Å². The number of Topliss-reactive ketones (excluding diaryl/α,β-unsaturated/α-hetero) is 1. The predicted octanol–water partition coefficient (Wildman–Crippen LogP) is 0.982. The van der Waals surface area contributed by atoms with Gasteiger partial charge in [0.05, 0.1) is 12.6 Å². The normalized spacial score (nSPS) is 11.5. The standard InChI is InChI=1S/C19H20N4O4/c1-4-22-10-16(9-20)18(26)23(19(22)27)11-17(25)15-7-5-14(6-8-15)12(2)21-13(3)24/h5-8,10,12H,4,11H2,1-3H3,(H,21,24)/t12-/m0/s1. The highest BCUT2D eigenvalue weighted by Crippen LogP contribution is 2.14. The van der Waals surface area contributed by atoms with Crippen LogP contribution in [-0.4, -0.2) is 20.8 Å². The Labute approximate surface area is 155 Å². The average molecular weight is 368 g/mol. The number of ketones is 1. The van der Waals surface area contributed by atoms with Crippen LogP contribution in [0.4, 0.5) is 0 Å². The summed E-state index contributed by atoms with van der Waals surface area (Å²) in [5, 5.41) is 11.8. The monoisotopic (exact) mass is 368 g/mol. The molecule has 2 aromatic rings. The second-order valence-electron chi connectivity index (χ2n) is 6.08. The van der Waals surface area contributed by atoms with Gasteiger partial charge >= 0.3 is 5.69 Å². The van der Waals surface area contributed by atoms with Crippen LogP contribution in [-0.2, 0) is 17.9 Å². The Bertz CT molecular complexity index is 1030. The molecule has 1 atom stereocenters. The summed E-state index contributed by atoms with van der Waals surface area (Å²) in [6.07, 6.45) is 1.20. The zero-order valence-corrected chi connectivity index (χ0v) is 15.4. The molecule has 0 fully saturated rings. The van der Waals surface area contributed by atoms with Gasteiger partial charge in [0.25, 0.3) is 5.56 Å². The number of rotatable bonds is 6. The van der Waals surface area contributed by atoms with Crippen molar-refractivity contribution < 1.29 is 9.59 Å². The molecule has 0 saturated heterocycles. The van der Waals surface area contributed by atoms with E-state index >= 15 is 0 Å². The number of carbonyl (C=O) groups excluding carboxylic acids is 2. The quantitative estimate of drug-likeness (QED) is 0.764. The van der Waals surface area contributed by atoms with E-state index in [1.165, 1.54) is 17.7 Å². The molecule has 0 spiro atoms. The van der Waals surface area contributed by atoms with Gasteiger partial charge in [-0.2, -0.15) is 5.26 Å². The van der Waals surface area contributed by atoms with E-state index in [-0.39, 0.29) is 24.1 Å². The Morgan fingerprint density at radius 3 is 2.37 bits per heavy atom. The fourth-order valence-electron chi connectivity index (χ4n) is 2.68. The first kappa shape index (κ1) is 19.8. The van der Waals surface area contributed by atoms with Crippen LogP contribution >= 0.6 is 0 Å². The molecule has 140 valence electrons. The van der Waals surface area contributed by atoms with E-state index in [9.17, 15) is 19.2 Å². The van der Waals surface area contributed by atoms with Crippen molar-refractivity contribution in [3.05, 3.63) is 68.0 Å². The van der Waals surface area contributed by atoms with Gasteiger partial charge in [0, 0.05) is 25.2 Å². The number of nitrogens with zero attached hydrogens (tertiary/aromatic N) is 3. The van der Waals surface area contributed by atoms with Crippen LogP contribution in [0.1, 0.15) is 48.3 Å². The van der Waals surface area contributed by atoms with Crippen molar-refractivity contribution in [1.29, 1.82) is 5.26 Å². The van der Waals surface area contributed by atoms with E-state index in [1.807, 2.05) is 6.92 Å². The molecule has 0 radical (unpaired) electrons. The van der Waals surface area contributed by atoms with Crippen LogP contribution in [0, 0.1) is 11.3 Å². The lowest BCUT2D eigenvalue weighted by molar-refractivity contribution is -0.119. The molecule has 1 amide bonds. The Morgan fingerprint density at radius 1 is 1.22 bits per heavy atom. The number of nitriles is 1. The molecule has 0 aliphatic rings. The van der Waals surface area contributed by atoms with Gasteiger partial charge in [-0.25, -0.2) is 4.79 Å². The van der Waals surface area contributed by atoms with Crippen LogP contribution in [0.25, 0.3) is 0 Å². The molecule has 1 heterocycles. The third-order valence-corrected chi connectivity index (χ3v) is 4.15. The molecule has 0 aliphatic heterocycles. The van der Waals surface area contributed by atoms with Crippen LogP contribution < -0.4 is 16.6 Å².